The molecule has 3 aromatic carbocycles. The number of hydrogen-bond donors (Lipinski definition) is 1. The number of ether oxygens (including phenoxy) is 3. The van der Waals surface area contributed by atoms with E-state index in [2.05, 4.69) is 5.32 Å². The minimum Gasteiger partial charge on any atom is -0.491 e. The number of anilines is 1. The third-order valence-corrected chi connectivity index (χ3v) is 8.25. The SMILES string of the molecule is O=C(NCCCN1C(=O)C2(COc3cc4c(cc32)OCO4)c2ccccc21)c1cc2ccccc2s1. The van der Waals surface area contributed by atoms with Crippen LogP contribution in [0.25, 0.3) is 10.1 Å². The fraction of sp³-hybridized carbons (Fsp3) is 0.214. The molecule has 1 N–H and O–H groups in total. The monoisotopic (exact) mass is 498 g/mol. The normalized spacial score (nSPS) is 19.0. The summed E-state index contributed by atoms with van der Waals surface area (Å²) in [6, 6.07) is 21.4. The zero-order valence-corrected chi connectivity index (χ0v) is 20.1. The van der Waals surface area contributed by atoms with Crippen LogP contribution in [0.2, 0.25) is 0 Å². The summed E-state index contributed by atoms with van der Waals surface area (Å²) in [7, 11) is 0. The third kappa shape index (κ3) is 3.04. The van der Waals surface area contributed by atoms with Crippen molar-refractivity contribution in [3.05, 3.63) is 82.7 Å². The number of carbonyl (C=O) groups excluding carboxylic acids is 2. The Morgan fingerprint density at radius 3 is 2.64 bits per heavy atom. The first-order valence-electron chi connectivity index (χ1n) is 11.9. The summed E-state index contributed by atoms with van der Waals surface area (Å²) in [5, 5.41) is 4.07. The molecule has 3 aliphatic rings. The number of nitrogens with one attached hydrogen (secondary N) is 1. The average molecular weight is 499 g/mol. The van der Waals surface area contributed by atoms with Crippen LogP contribution < -0.4 is 24.4 Å². The van der Waals surface area contributed by atoms with Crippen LogP contribution in [0.3, 0.4) is 0 Å². The highest BCUT2D eigenvalue weighted by molar-refractivity contribution is 7.20. The molecule has 180 valence electrons. The molecule has 1 atom stereocenters. The second kappa shape index (κ2) is 7.99. The molecule has 0 radical (unpaired) electrons. The van der Waals surface area contributed by atoms with Crippen molar-refractivity contribution >= 4 is 38.9 Å². The van der Waals surface area contributed by atoms with E-state index >= 15 is 0 Å². The fourth-order valence-electron chi connectivity index (χ4n) is 5.41. The van der Waals surface area contributed by atoms with E-state index in [1.807, 2.05) is 71.6 Å². The largest absolute Gasteiger partial charge is 0.491 e. The standard InChI is InChI=1S/C28H22N2O5S/c31-26(25-12-17-6-1-4-9-24(17)36-25)29-10-5-11-30-20-8-3-2-7-18(20)28(27(30)32)15-33-21-14-23-22(13-19(21)28)34-16-35-23/h1-4,6-9,12-14H,5,10-11,15-16H2,(H,29,31). The van der Waals surface area contributed by atoms with Gasteiger partial charge in [-0.3, -0.25) is 9.59 Å². The van der Waals surface area contributed by atoms with Crippen molar-refractivity contribution in [1.82, 2.24) is 5.32 Å². The predicted molar refractivity (Wildman–Crippen MR) is 136 cm³/mol. The first-order valence-corrected chi connectivity index (χ1v) is 12.7. The molecule has 1 aromatic heterocycles. The van der Waals surface area contributed by atoms with Crippen LogP contribution in [-0.2, 0) is 10.2 Å². The minimum atomic E-state index is -0.909. The molecule has 7 rings (SSSR count). The zero-order chi connectivity index (χ0) is 24.3. The quantitative estimate of drug-likeness (QED) is 0.411. The van der Waals surface area contributed by atoms with Crippen molar-refractivity contribution < 1.29 is 23.8 Å². The summed E-state index contributed by atoms with van der Waals surface area (Å²) in [5.41, 5.74) is 1.71. The van der Waals surface area contributed by atoms with Crippen molar-refractivity contribution in [2.24, 2.45) is 0 Å². The minimum absolute atomic E-state index is 0.0165. The summed E-state index contributed by atoms with van der Waals surface area (Å²) < 4.78 is 18.2. The first kappa shape index (κ1) is 21.3. The van der Waals surface area contributed by atoms with Crippen molar-refractivity contribution in [3.63, 3.8) is 0 Å². The van der Waals surface area contributed by atoms with Crippen LogP contribution in [0.4, 0.5) is 5.69 Å². The second-order valence-corrected chi connectivity index (χ2v) is 10.2. The number of fused-ring (bicyclic) bond motifs is 6. The van der Waals surface area contributed by atoms with Crippen molar-refractivity contribution in [3.8, 4) is 17.2 Å². The number of thiophene rings is 1. The second-order valence-electron chi connectivity index (χ2n) is 9.13. The Morgan fingerprint density at radius 1 is 0.944 bits per heavy atom. The van der Waals surface area contributed by atoms with E-state index in [0.717, 1.165) is 26.9 Å². The van der Waals surface area contributed by atoms with E-state index in [1.165, 1.54) is 11.3 Å². The van der Waals surface area contributed by atoms with Gasteiger partial charge in [0.2, 0.25) is 12.7 Å². The van der Waals surface area contributed by atoms with Gasteiger partial charge >= 0.3 is 0 Å². The number of benzene rings is 3. The number of amides is 2. The molecule has 0 aliphatic carbocycles. The van der Waals surface area contributed by atoms with Crippen LogP contribution >= 0.6 is 11.3 Å². The molecule has 1 spiro atoms. The average Bonchev–Trinajstić information content (AvgIpc) is 3.67. The van der Waals surface area contributed by atoms with Crippen molar-refractivity contribution in [2.45, 2.75) is 11.8 Å². The molecule has 0 saturated carbocycles. The molecule has 0 bridgehead atoms. The Balaban J connectivity index is 1.10. The predicted octanol–water partition coefficient (Wildman–Crippen LogP) is 4.48. The number of para-hydroxylation sites is 1. The Morgan fingerprint density at radius 2 is 1.75 bits per heavy atom. The van der Waals surface area contributed by atoms with E-state index in [0.29, 0.717) is 41.6 Å². The smallest absolute Gasteiger partial charge is 0.261 e. The van der Waals surface area contributed by atoms with E-state index in [9.17, 15) is 9.59 Å². The molecule has 36 heavy (non-hydrogen) atoms. The van der Waals surface area contributed by atoms with Crippen LogP contribution in [0.15, 0.2) is 66.7 Å². The van der Waals surface area contributed by atoms with Gasteiger partial charge in [-0.05, 0) is 41.6 Å². The lowest BCUT2D eigenvalue weighted by atomic mass is 9.77. The summed E-state index contributed by atoms with van der Waals surface area (Å²) in [4.78, 5) is 29.2. The first-order chi connectivity index (χ1) is 17.6. The maximum Gasteiger partial charge on any atom is 0.261 e. The van der Waals surface area contributed by atoms with Gasteiger partial charge in [-0.15, -0.1) is 11.3 Å². The highest BCUT2D eigenvalue weighted by Gasteiger charge is 2.57. The number of hydrogen-bond acceptors (Lipinski definition) is 6. The number of nitrogens with zero attached hydrogens (tertiary/aromatic N) is 1. The van der Waals surface area contributed by atoms with Crippen LogP contribution in [0.1, 0.15) is 27.2 Å². The highest BCUT2D eigenvalue weighted by Crippen LogP contribution is 2.54. The van der Waals surface area contributed by atoms with E-state index in [-0.39, 0.29) is 25.2 Å². The Bertz CT molecular complexity index is 1510. The lowest BCUT2D eigenvalue weighted by Crippen LogP contribution is -2.43. The molecular weight excluding hydrogens is 476 g/mol. The lowest BCUT2D eigenvalue weighted by molar-refractivity contribution is -0.122. The molecule has 4 heterocycles. The van der Waals surface area contributed by atoms with Gasteiger partial charge in [-0.25, -0.2) is 0 Å². The van der Waals surface area contributed by atoms with Gasteiger partial charge in [-0.2, -0.15) is 0 Å². The van der Waals surface area contributed by atoms with Gasteiger partial charge in [0.25, 0.3) is 5.91 Å². The summed E-state index contributed by atoms with van der Waals surface area (Å²) in [6.45, 7) is 1.36. The lowest BCUT2D eigenvalue weighted by Gasteiger charge is -2.23. The molecule has 0 saturated heterocycles. The van der Waals surface area contributed by atoms with Crippen LogP contribution in [0.5, 0.6) is 17.2 Å². The molecule has 3 aliphatic heterocycles. The molecule has 2 amide bonds. The van der Waals surface area contributed by atoms with E-state index in [1.54, 1.807) is 0 Å². The van der Waals surface area contributed by atoms with E-state index in [4.69, 9.17) is 14.2 Å². The highest BCUT2D eigenvalue weighted by atomic mass is 32.1. The molecule has 8 heteroatoms. The van der Waals surface area contributed by atoms with Crippen molar-refractivity contribution in [1.29, 1.82) is 0 Å². The Hall–Kier alpha value is -4.04. The summed E-state index contributed by atoms with van der Waals surface area (Å²) >= 11 is 1.48. The maximum atomic E-state index is 14.0. The molecule has 4 aromatic rings. The van der Waals surface area contributed by atoms with Crippen molar-refractivity contribution in [2.75, 3.05) is 31.4 Å². The van der Waals surface area contributed by atoms with Gasteiger partial charge in [0.15, 0.2) is 11.5 Å². The molecular formula is C28H22N2O5S. The Kier molecular flexibility index (Phi) is 4.72. The van der Waals surface area contributed by atoms with Crippen LogP contribution in [-0.4, -0.2) is 38.3 Å². The third-order valence-electron chi connectivity index (χ3n) is 7.14. The van der Waals surface area contributed by atoms with Gasteiger partial charge in [0, 0.05) is 35.1 Å². The van der Waals surface area contributed by atoms with Gasteiger partial charge in [0.05, 0.1) is 4.88 Å². The number of carbonyl (C=O) groups is 2. The summed E-state index contributed by atoms with van der Waals surface area (Å²) in [6.07, 6.45) is 0.627. The van der Waals surface area contributed by atoms with Gasteiger partial charge < -0.3 is 24.4 Å². The Labute approximate surface area is 211 Å². The maximum absolute atomic E-state index is 14.0. The molecule has 0 fully saturated rings. The summed E-state index contributed by atoms with van der Waals surface area (Å²) in [5.74, 6) is 1.81. The number of rotatable bonds is 5. The molecule has 1 unspecified atom stereocenters. The zero-order valence-electron chi connectivity index (χ0n) is 19.3. The van der Waals surface area contributed by atoms with Crippen LogP contribution in [0, 0.1) is 0 Å². The van der Waals surface area contributed by atoms with Gasteiger partial charge in [-0.1, -0.05) is 36.4 Å². The van der Waals surface area contributed by atoms with E-state index < -0.39 is 5.41 Å². The van der Waals surface area contributed by atoms with Gasteiger partial charge in [0.1, 0.15) is 17.8 Å². The fourth-order valence-corrected chi connectivity index (χ4v) is 6.39. The topological polar surface area (TPSA) is 77.1 Å². The molecule has 7 nitrogen and oxygen atoms in total.